The van der Waals surface area contributed by atoms with E-state index >= 15 is 0 Å². The summed E-state index contributed by atoms with van der Waals surface area (Å²) in [5.41, 5.74) is 0.183. The summed E-state index contributed by atoms with van der Waals surface area (Å²) >= 11 is 0. The molecule has 0 aliphatic carbocycles. The molecule has 0 unspecified atom stereocenters. The van der Waals surface area contributed by atoms with E-state index in [1.807, 2.05) is 6.92 Å². The van der Waals surface area contributed by atoms with Crippen LogP contribution in [0.25, 0.3) is 0 Å². The number of unbranched alkanes of at least 4 members (excludes halogenated alkanes) is 2. The number of carbonyl (C=O) groups excluding carboxylic acids is 2. The number of aromatic hydroxyl groups is 1. The molecule has 1 aromatic rings. The minimum Gasteiger partial charge on any atom is -0.507 e. The zero-order chi connectivity index (χ0) is 28.4. The van der Waals surface area contributed by atoms with Crippen LogP contribution in [0.5, 0.6) is 5.75 Å². The molecule has 1 atom stereocenters. The van der Waals surface area contributed by atoms with Crippen LogP contribution in [0.3, 0.4) is 0 Å². The zero-order valence-corrected chi connectivity index (χ0v) is 23.7. The molecule has 1 aromatic carbocycles. The van der Waals surface area contributed by atoms with Crippen molar-refractivity contribution in [3.05, 3.63) is 90.6 Å². The maximum Gasteiger partial charge on any atom is 0.335 e. The second kappa shape index (κ2) is 23.7. The predicted molar refractivity (Wildman–Crippen MR) is 160 cm³/mol. The third-order valence-corrected chi connectivity index (χ3v) is 5.66. The van der Waals surface area contributed by atoms with E-state index in [0.717, 1.165) is 51.4 Å². The molecule has 0 spiro atoms. The average molecular weight is 538 g/mol. The number of phenolic OH excluding ortho intramolecular Hbond substituents is 1. The van der Waals surface area contributed by atoms with Crippen LogP contribution in [-0.4, -0.2) is 42.8 Å². The van der Waals surface area contributed by atoms with Crippen LogP contribution in [0.1, 0.15) is 82.0 Å². The highest BCUT2D eigenvalue weighted by Crippen LogP contribution is 2.14. The van der Waals surface area contributed by atoms with Gasteiger partial charge in [-0.1, -0.05) is 86.7 Å². The first-order valence-corrected chi connectivity index (χ1v) is 14.2. The summed E-state index contributed by atoms with van der Waals surface area (Å²) < 4.78 is 10.9. The predicted octanol–water partition coefficient (Wildman–Crippen LogP) is 7.38. The molecule has 0 heterocycles. The van der Waals surface area contributed by atoms with Gasteiger partial charge in [0.25, 0.3) is 5.91 Å². The van der Waals surface area contributed by atoms with Crippen molar-refractivity contribution < 1.29 is 24.2 Å². The van der Waals surface area contributed by atoms with Gasteiger partial charge in [-0.3, -0.25) is 4.79 Å². The van der Waals surface area contributed by atoms with Crippen LogP contribution < -0.4 is 5.32 Å². The van der Waals surface area contributed by atoms with E-state index in [1.165, 1.54) is 12.1 Å². The summed E-state index contributed by atoms with van der Waals surface area (Å²) in [6.45, 7) is 4.72. The molecule has 0 saturated heterocycles. The topological polar surface area (TPSA) is 84.9 Å². The van der Waals surface area contributed by atoms with Gasteiger partial charge in [-0.2, -0.15) is 0 Å². The third-order valence-electron chi connectivity index (χ3n) is 5.66. The van der Waals surface area contributed by atoms with Crippen LogP contribution >= 0.6 is 0 Å². The number of phenols is 1. The Kier molecular flexibility index (Phi) is 20.5. The van der Waals surface area contributed by atoms with E-state index in [9.17, 15) is 14.7 Å². The van der Waals surface area contributed by atoms with E-state index in [2.05, 4.69) is 73.0 Å². The van der Waals surface area contributed by atoms with Gasteiger partial charge >= 0.3 is 5.97 Å². The molecule has 0 aromatic heterocycles. The Morgan fingerprint density at radius 1 is 0.821 bits per heavy atom. The molecule has 1 amide bonds. The first-order chi connectivity index (χ1) is 19.1. The Morgan fingerprint density at radius 2 is 1.41 bits per heavy atom. The SMILES string of the molecule is CC/C=C\C/C=C\C/C=C\C/C=C\C/C=C\CCCCO[C@@H](CC)C(=O)OCCNC(=O)c1ccccc1O. The van der Waals surface area contributed by atoms with Crippen molar-refractivity contribution in [1.29, 1.82) is 0 Å². The number of rotatable bonds is 21. The van der Waals surface area contributed by atoms with Gasteiger partial charge in [0.2, 0.25) is 0 Å². The standard InChI is InChI=1S/C33H47NO5/c1-3-5-6-7-8-9-10-11-12-13-14-15-16-17-18-19-20-23-27-38-31(4-2)33(37)39-28-26-34-32(36)29-24-21-22-25-30(29)35/h5-6,8-9,11-12,14-15,17-18,21-22,24-25,31,35H,3-4,7,10,13,16,19-20,23,26-28H2,1-2H3,(H,34,36)/b6-5-,9-8-,12-11-,15-14-,18-17-/t31-/m0/s1. The molecule has 1 rings (SSSR count). The van der Waals surface area contributed by atoms with Gasteiger partial charge in [0.1, 0.15) is 12.4 Å². The quantitative estimate of drug-likeness (QED) is 0.0971. The smallest absolute Gasteiger partial charge is 0.335 e. The van der Waals surface area contributed by atoms with Crippen molar-refractivity contribution in [3.63, 3.8) is 0 Å². The minimum absolute atomic E-state index is 0.0438. The second-order valence-electron chi connectivity index (χ2n) is 8.91. The third kappa shape index (κ3) is 17.7. The first-order valence-electron chi connectivity index (χ1n) is 14.2. The fourth-order valence-electron chi connectivity index (χ4n) is 3.48. The van der Waals surface area contributed by atoms with Crippen LogP contribution in [0.15, 0.2) is 85.0 Å². The molecule has 0 bridgehead atoms. The van der Waals surface area contributed by atoms with Gasteiger partial charge in [-0.05, 0) is 69.9 Å². The number of hydrogen-bond donors (Lipinski definition) is 2. The molecule has 0 aliphatic heterocycles. The normalized spacial score (nSPS) is 12.9. The van der Waals surface area contributed by atoms with Gasteiger partial charge in [-0.15, -0.1) is 0 Å². The average Bonchev–Trinajstić information content (AvgIpc) is 2.94. The summed E-state index contributed by atoms with van der Waals surface area (Å²) in [5.74, 6) is -0.931. The van der Waals surface area contributed by atoms with E-state index in [0.29, 0.717) is 13.0 Å². The maximum absolute atomic E-state index is 12.2. The largest absolute Gasteiger partial charge is 0.507 e. The van der Waals surface area contributed by atoms with Gasteiger partial charge in [-0.25, -0.2) is 4.79 Å². The fourth-order valence-corrected chi connectivity index (χ4v) is 3.48. The van der Waals surface area contributed by atoms with Crippen molar-refractivity contribution >= 4 is 11.9 Å². The molecular weight excluding hydrogens is 490 g/mol. The Morgan fingerprint density at radius 3 is 2.00 bits per heavy atom. The van der Waals surface area contributed by atoms with E-state index in [1.54, 1.807) is 12.1 Å². The number of nitrogens with one attached hydrogen (secondary N) is 1. The molecule has 0 fully saturated rings. The van der Waals surface area contributed by atoms with Crippen LogP contribution in [-0.2, 0) is 14.3 Å². The maximum atomic E-state index is 12.2. The summed E-state index contributed by atoms with van der Waals surface area (Å²) in [6, 6.07) is 6.28. The highest BCUT2D eigenvalue weighted by atomic mass is 16.6. The number of allylic oxidation sites excluding steroid dienone is 10. The lowest BCUT2D eigenvalue weighted by atomic mass is 10.2. The fraction of sp³-hybridized carbons (Fsp3) is 0.455. The lowest BCUT2D eigenvalue weighted by Crippen LogP contribution is -2.31. The minimum atomic E-state index is -0.604. The summed E-state index contributed by atoms with van der Waals surface area (Å²) in [7, 11) is 0. The molecule has 6 nitrogen and oxygen atoms in total. The van der Waals surface area contributed by atoms with E-state index in [-0.39, 0.29) is 24.5 Å². The highest BCUT2D eigenvalue weighted by molar-refractivity contribution is 5.96. The number of esters is 1. The number of benzene rings is 1. The van der Waals surface area contributed by atoms with Crippen molar-refractivity contribution in [1.82, 2.24) is 5.32 Å². The molecule has 0 aliphatic rings. The Balaban J connectivity index is 2.05. The Labute approximate surface area is 235 Å². The highest BCUT2D eigenvalue weighted by Gasteiger charge is 2.18. The van der Waals surface area contributed by atoms with Crippen LogP contribution in [0.4, 0.5) is 0 Å². The number of carbonyl (C=O) groups is 2. The van der Waals surface area contributed by atoms with Crippen molar-refractivity contribution in [3.8, 4) is 5.75 Å². The van der Waals surface area contributed by atoms with Crippen molar-refractivity contribution in [2.24, 2.45) is 0 Å². The molecule has 0 radical (unpaired) electrons. The molecule has 0 saturated carbocycles. The first kappa shape index (κ1) is 33.6. The zero-order valence-electron chi connectivity index (χ0n) is 23.7. The lowest BCUT2D eigenvalue weighted by Gasteiger charge is -2.15. The summed E-state index contributed by atoms with van der Waals surface area (Å²) in [5, 5.41) is 12.3. The summed E-state index contributed by atoms with van der Waals surface area (Å²) in [6.07, 6.45) is 29.7. The summed E-state index contributed by atoms with van der Waals surface area (Å²) in [4.78, 5) is 24.3. The van der Waals surface area contributed by atoms with Gasteiger partial charge in [0, 0.05) is 6.61 Å². The van der Waals surface area contributed by atoms with Gasteiger partial charge in [0.05, 0.1) is 12.1 Å². The molecule has 2 N–H and O–H groups in total. The van der Waals surface area contributed by atoms with Gasteiger partial charge in [0.15, 0.2) is 6.10 Å². The van der Waals surface area contributed by atoms with Crippen LogP contribution in [0.2, 0.25) is 0 Å². The second-order valence-corrected chi connectivity index (χ2v) is 8.91. The number of para-hydroxylation sites is 1. The Hall–Kier alpha value is -3.38. The van der Waals surface area contributed by atoms with E-state index in [4.69, 9.17) is 9.47 Å². The van der Waals surface area contributed by atoms with Crippen molar-refractivity contribution in [2.75, 3.05) is 19.8 Å². The monoisotopic (exact) mass is 537 g/mol. The molecule has 39 heavy (non-hydrogen) atoms. The van der Waals surface area contributed by atoms with Gasteiger partial charge < -0.3 is 19.9 Å². The number of hydrogen-bond acceptors (Lipinski definition) is 5. The van der Waals surface area contributed by atoms with E-state index < -0.39 is 18.0 Å². The van der Waals surface area contributed by atoms with Crippen LogP contribution in [0, 0.1) is 0 Å². The molecular formula is C33H47NO5. The lowest BCUT2D eigenvalue weighted by molar-refractivity contribution is -0.157. The number of ether oxygens (including phenoxy) is 2. The number of amides is 1. The Bertz CT molecular complexity index is 945. The van der Waals surface area contributed by atoms with Crippen molar-refractivity contribution in [2.45, 2.75) is 77.7 Å². The molecule has 6 heteroatoms. The molecule has 214 valence electrons.